The van der Waals surface area contributed by atoms with E-state index in [9.17, 15) is 4.79 Å². The number of benzene rings is 2. The van der Waals surface area contributed by atoms with Crippen LogP contribution < -0.4 is 11.1 Å². The van der Waals surface area contributed by atoms with Gasteiger partial charge in [0.05, 0.1) is 17.8 Å². The molecule has 0 saturated carbocycles. The highest BCUT2D eigenvalue weighted by Gasteiger charge is 2.06. The number of nitrogens with one attached hydrogen (secondary N) is 1. The molecule has 2 aromatic rings. The summed E-state index contributed by atoms with van der Waals surface area (Å²) < 4.78 is 0.890. The van der Waals surface area contributed by atoms with Crippen molar-refractivity contribution in [1.82, 2.24) is 0 Å². The smallest absolute Gasteiger partial charge is 0.228 e. The Balaban J connectivity index is 2.05. The van der Waals surface area contributed by atoms with Crippen LogP contribution >= 0.6 is 15.9 Å². The third kappa shape index (κ3) is 3.83. The summed E-state index contributed by atoms with van der Waals surface area (Å²) in [7, 11) is 0. The molecule has 3 nitrogen and oxygen atoms in total. The van der Waals surface area contributed by atoms with Crippen LogP contribution in [0.5, 0.6) is 0 Å². The number of anilines is 2. The lowest BCUT2D eigenvalue weighted by molar-refractivity contribution is -0.115. The third-order valence-electron chi connectivity index (χ3n) is 2.73. The first-order valence-electron chi connectivity index (χ1n) is 5.95. The van der Waals surface area contributed by atoms with Crippen LogP contribution in [0.2, 0.25) is 0 Å². The summed E-state index contributed by atoms with van der Waals surface area (Å²) in [6.45, 7) is 2.01. The Morgan fingerprint density at radius 2 is 2.05 bits per heavy atom. The van der Waals surface area contributed by atoms with Crippen LogP contribution in [0.1, 0.15) is 11.1 Å². The summed E-state index contributed by atoms with van der Waals surface area (Å²) in [4.78, 5) is 12.0. The van der Waals surface area contributed by atoms with Crippen LogP contribution in [-0.4, -0.2) is 5.91 Å². The summed E-state index contributed by atoms with van der Waals surface area (Å²) in [5.74, 6) is -0.0698. The SMILES string of the molecule is Cc1cccc(CC(=O)Nc2ccc(Br)cc2N)c1. The third-order valence-corrected chi connectivity index (χ3v) is 3.23. The number of nitrogens with two attached hydrogens (primary N) is 1. The number of aryl methyl sites for hydroxylation is 1. The van der Waals surface area contributed by atoms with Crippen molar-refractivity contribution >= 4 is 33.2 Å². The summed E-state index contributed by atoms with van der Waals surface area (Å²) >= 11 is 3.33. The fourth-order valence-corrected chi connectivity index (χ4v) is 2.23. The number of rotatable bonds is 3. The van der Waals surface area contributed by atoms with E-state index in [0.717, 1.165) is 15.6 Å². The minimum atomic E-state index is -0.0698. The van der Waals surface area contributed by atoms with Crippen molar-refractivity contribution in [2.75, 3.05) is 11.1 Å². The van der Waals surface area contributed by atoms with E-state index in [-0.39, 0.29) is 5.91 Å². The van der Waals surface area contributed by atoms with Gasteiger partial charge < -0.3 is 11.1 Å². The zero-order chi connectivity index (χ0) is 13.8. The Bertz CT molecular complexity index is 611. The molecule has 0 atom stereocenters. The molecule has 1 amide bonds. The van der Waals surface area contributed by atoms with Crippen molar-refractivity contribution in [2.24, 2.45) is 0 Å². The standard InChI is InChI=1S/C15H15BrN2O/c1-10-3-2-4-11(7-10)8-15(19)18-14-6-5-12(16)9-13(14)17/h2-7,9H,8,17H2,1H3,(H,18,19). The molecule has 0 bridgehead atoms. The summed E-state index contributed by atoms with van der Waals surface area (Å²) in [5, 5.41) is 2.82. The lowest BCUT2D eigenvalue weighted by atomic mass is 10.1. The Labute approximate surface area is 121 Å². The maximum Gasteiger partial charge on any atom is 0.228 e. The van der Waals surface area contributed by atoms with E-state index in [2.05, 4.69) is 21.2 Å². The predicted molar refractivity (Wildman–Crippen MR) is 82.1 cm³/mol. The average Bonchev–Trinajstić information content (AvgIpc) is 2.33. The second-order valence-electron chi connectivity index (χ2n) is 4.45. The van der Waals surface area contributed by atoms with Gasteiger partial charge in [-0.1, -0.05) is 45.8 Å². The van der Waals surface area contributed by atoms with Gasteiger partial charge in [0.1, 0.15) is 0 Å². The van der Waals surface area contributed by atoms with Gasteiger partial charge in [-0.15, -0.1) is 0 Å². The van der Waals surface area contributed by atoms with E-state index in [1.54, 1.807) is 12.1 Å². The number of carbonyl (C=O) groups excluding carboxylic acids is 1. The molecule has 0 heterocycles. The van der Waals surface area contributed by atoms with Crippen molar-refractivity contribution < 1.29 is 4.79 Å². The maximum absolute atomic E-state index is 12.0. The first kappa shape index (κ1) is 13.6. The lowest BCUT2D eigenvalue weighted by Gasteiger charge is -2.09. The topological polar surface area (TPSA) is 55.1 Å². The number of hydrogen-bond acceptors (Lipinski definition) is 2. The Morgan fingerprint density at radius 1 is 1.26 bits per heavy atom. The minimum Gasteiger partial charge on any atom is -0.397 e. The second kappa shape index (κ2) is 5.89. The van der Waals surface area contributed by atoms with Gasteiger partial charge in [0.2, 0.25) is 5.91 Å². The number of hydrogen-bond donors (Lipinski definition) is 2. The van der Waals surface area contributed by atoms with E-state index in [1.165, 1.54) is 0 Å². The first-order chi connectivity index (χ1) is 9.04. The highest BCUT2D eigenvalue weighted by atomic mass is 79.9. The van der Waals surface area contributed by atoms with Crippen molar-refractivity contribution in [1.29, 1.82) is 0 Å². The van der Waals surface area contributed by atoms with Crippen LogP contribution in [-0.2, 0) is 11.2 Å². The second-order valence-corrected chi connectivity index (χ2v) is 5.36. The van der Waals surface area contributed by atoms with Gasteiger partial charge in [0, 0.05) is 4.47 Å². The first-order valence-corrected chi connectivity index (χ1v) is 6.74. The van der Waals surface area contributed by atoms with Crippen molar-refractivity contribution in [3.63, 3.8) is 0 Å². The molecule has 98 valence electrons. The molecule has 2 aromatic carbocycles. The van der Waals surface area contributed by atoms with Crippen LogP contribution in [0.25, 0.3) is 0 Å². The van der Waals surface area contributed by atoms with Crippen LogP contribution in [0.4, 0.5) is 11.4 Å². The zero-order valence-corrected chi connectivity index (χ0v) is 12.2. The molecule has 0 aromatic heterocycles. The molecule has 19 heavy (non-hydrogen) atoms. The van der Waals surface area contributed by atoms with Crippen molar-refractivity contribution in [2.45, 2.75) is 13.3 Å². The monoisotopic (exact) mass is 318 g/mol. The fraction of sp³-hybridized carbons (Fsp3) is 0.133. The summed E-state index contributed by atoms with van der Waals surface area (Å²) in [6, 6.07) is 13.3. The summed E-state index contributed by atoms with van der Waals surface area (Å²) in [6.07, 6.45) is 0.344. The minimum absolute atomic E-state index is 0.0698. The van der Waals surface area contributed by atoms with Crippen molar-refractivity contribution in [3.8, 4) is 0 Å². The molecule has 0 aliphatic rings. The molecule has 2 rings (SSSR count). The van der Waals surface area contributed by atoms with Gasteiger partial charge in [-0.25, -0.2) is 0 Å². The molecule has 0 aliphatic heterocycles. The number of amides is 1. The fourth-order valence-electron chi connectivity index (χ4n) is 1.85. The van der Waals surface area contributed by atoms with Gasteiger partial charge in [-0.2, -0.15) is 0 Å². The number of nitrogen functional groups attached to an aromatic ring is 1. The number of carbonyl (C=O) groups is 1. The van der Waals surface area contributed by atoms with E-state index < -0.39 is 0 Å². The van der Waals surface area contributed by atoms with E-state index in [0.29, 0.717) is 17.8 Å². The van der Waals surface area contributed by atoms with E-state index >= 15 is 0 Å². The predicted octanol–water partition coefficient (Wildman–Crippen LogP) is 3.52. The molecular weight excluding hydrogens is 304 g/mol. The molecule has 0 aliphatic carbocycles. The molecule has 0 saturated heterocycles. The molecule has 4 heteroatoms. The molecule has 0 spiro atoms. The highest BCUT2D eigenvalue weighted by molar-refractivity contribution is 9.10. The largest absolute Gasteiger partial charge is 0.397 e. The molecule has 0 radical (unpaired) electrons. The van der Waals surface area contributed by atoms with Gasteiger partial charge in [0.15, 0.2) is 0 Å². The van der Waals surface area contributed by atoms with Crippen LogP contribution in [0.3, 0.4) is 0 Å². The number of halogens is 1. The van der Waals surface area contributed by atoms with Crippen LogP contribution in [0.15, 0.2) is 46.9 Å². The highest BCUT2D eigenvalue weighted by Crippen LogP contribution is 2.23. The van der Waals surface area contributed by atoms with Gasteiger partial charge in [-0.3, -0.25) is 4.79 Å². The Kier molecular flexibility index (Phi) is 4.22. The van der Waals surface area contributed by atoms with Crippen molar-refractivity contribution in [3.05, 3.63) is 58.1 Å². The van der Waals surface area contributed by atoms with Crippen LogP contribution in [0, 0.1) is 6.92 Å². The normalized spacial score (nSPS) is 10.2. The van der Waals surface area contributed by atoms with Gasteiger partial charge >= 0.3 is 0 Å². The van der Waals surface area contributed by atoms with E-state index in [1.807, 2.05) is 37.3 Å². The van der Waals surface area contributed by atoms with E-state index in [4.69, 9.17) is 5.73 Å². The Morgan fingerprint density at radius 3 is 2.74 bits per heavy atom. The molecular formula is C15H15BrN2O. The summed E-state index contributed by atoms with van der Waals surface area (Å²) in [5.41, 5.74) is 9.17. The van der Waals surface area contributed by atoms with Gasteiger partial charge in [0.25, 0.3) is 0 Å². The average molecular weight is 319 g/mol. The molecule has 3 N–H and O–H groups in total. The van der Waals surface area contributed by atoms with Gasteiger partial charge in [-0.05, 0) is 30.7 Å². The quantitative estimate of drug-likeness (QED) is 0.851. The molecule has 0 unspecified atom stereocenters. The maximum atomic E-state index is 12.0. The molecule has 0 fully saturated rings. The lowest BCUT2D eigenvalue weighted by Crippen LogP contribution is -2.15. The Hall–Kier alpha value is -1.81. The zero-order valence-electron chi connectivity index (χ0n) is 10.6.